The number of hydrogen-bond donors (Lipinski definition) is 1. The molecule has 1 nitrogen and oxygen atoms in total. The Hall–Kier alpha value is -0.915. The van der Waals surface area contributed by atoms with E-state index in [0.717, 1.165) is 11.9 Å². The van der Waals surface area contributed by atoms with Crippen molar-refractivity contribution in [2.75, 3.05) is 0 Å². The van der Waals surface area contributed by atoms with Crippen LogP contribution in [0.1, 0.15) is 37.8 Å². The fourth-order valence-corrected chi connectivity index (χ4v) is 2.58. The van der Waals surface area contributed by atoms with Crippen molar-refractivity contribution >= 4 is 13.3 Å². The SMILES string of the molecule is [B]c1cc(O)cc2c1C(C)(C)CCC2. The number of phenolic OH excluding ortho intramolecular Hbond substituents is 1. The molecule has 0 amide bonds. The zero-order chi connectivity index (χ0) is 10.3. The van der Waals surface area contributed by atoms with Crippen molar-refractivity contribution in [2.24, 2.45) is 0 Å². The first-order valence-electron chi connectivity index (χ1n) is 5.12. The van der Waals surface area contributed by atoms with E-state index in [9.17, 15) is 5.11 Å². The van der Waals surface area contributed by atoms with Crippen molar-refractivity contribution < 1.29 is 5.11 Å². The van der Waals surface area contributed by atoms with Crippen LogP contribution in [0.25, 0.3) is 0 Å². The maximum Gasteiger partial charge on any atom is 0.115 e. The van der Waals surface area contributed by atoms with Crippen molar-refractivity contribution in [3.05, 3.63) is 23.3 Å². The van der Waals surface area contributed by atoms with Gasteiger partial charge >= 0.3 is 0 Å². The molecule has 72 valence electrons. The third-order valence-electron chi connectivity index (χ3n) is 3.16. The van der Waals surface area contributed by atoms with Crippen molar-refractivity contribution in [3.8, 4) is 5.75 Å². The molecule has 0 fully saturated rings. The molecule has 1 aliphatic carbocycles. The Morgan fingerprint density at radius 2 is 2.07 bits per heavy atom. The van der Waals surface area contributed by atoms with Crippen LogP contribution in [0.4, 0.5) is 0 Å². The maximum absolute atomic E-state index is 9.46. The van der Waals surface area contributed by atoms with Crippen LogP contribution in [0.3, 0.4) is 0 Å². The van der Waals surface area contributed by atoms with Crippen LogP contribution in [-0.4, -0.2) is 13.0 Å². The minimum atomic E-state index is 0.158. The van der Waals surface area contributed by atoms with E-state index in [1.807, 2.05) is 6.07 Å². The van der Waals surface area contributed by atoms with E-state index in [4.69, 9.17) is 7.85 Å². The molecule has 0 saturated heterocycles. The lowest BCUT2D eigenvalue weighted by Gasteiger charge is -2.34. The van der Waals surface area contributed by atoms with E-state index in [1.165, 1.54) is 24.0 Å². The lowest BCUT2D eigenvalue weighted by Crippen LogP contribution is -2.31. The highest BCUT2D eigenvalue weighted by Crippen LogP contribution is 2.36. The molecule has 0 spiro atoms. The molecular weight excluding hydrogens is 171 g/mol. The van der Waals surface area contributed by atoms with Crippen LogP contribution in [0.15, 0.2) is 12.1 Å². The topological polar surface area (TPSA) is 20.2 Å². The summed E-state index contributed by atoms with van der Waals surface area (Å²) in [5.41, 5.74) is 3.36. The summed E-state index contributed by atoms with van der Waals surface area (Å²) < 4.78 is 0. The normalized spacial score (nSPS) is 19.0. The number of fused-ring (bicyclic) bond motifs is 1. The van der Waals surface area contributed by atoms with Crippen LogP contribution in [0, 0.1) is 0 Å². The molecule has 2 rings (SSSR count). The van der Waals surface area contributed by atoms with E-state index >= 15 is 0 Å². The van der Waals surface area contributed by atoms with E-state index in [0.29, 0.717) is 5.75 Å². The lowest BCUT2D eigenvalue weighted by molar-refractivity contribution is 0.429. The Labute approximate surface area is 86.6 Å². The molecule has 1 aromatic carbocycles. The minimum Gasteiger partial charge on any atom is -0.508 e. The summed E-state index contributed by atoms with van der Waals surface area (Å²) >= 11 is 0. The van der Waals surface area contributed by atoms with Crippen molar-refractivity contribution in [1.82, 2.24) is 0 Å². The van der Waals surface area contributed by atoms with E-state index in [-0.39, 0.29) is 5.41 Å². The highest BCUT2D eigenvalue weighted by atomic mass is 16.3. The quantitative estimate of drug-likeness (QED) is 0.612. The molecule has 0 aliphatic heterocycles. The predicted molar refractivity (Wildman–Crippen MR) is 59.5 cm³/mol. The standard InChI is InChI=1S/C12H15BO/c1-12(2)5-3-4-8-6-9(14)7-10(13)11(8)12/h6-7,14H,3-5H2,1-2H3. The van der Waals surface area contributed by atoms with Gasteiger partial charge in [0.1, 0.15) is 13.6 Å². The predicted octanol–water partition coefficient (Wildman–Crippen LogP) is 1.80. The summed E-state index contributed by atoms with van der Waals surface area (Å²) in [5, 5.41) is 9.46. The van der Waals surface area contributed by atoms with Gasteiger partial charge in [-0.05, 0) is 47.9 Å². The number of aryl methyl sites for hydroxylation is 1. The van der Waals surface area contributed by atoms with Gasteiger partial charge in [-0.2, -0.15) is 0 Å². The van der Waals surface area contributed by atoms with Gasteiger partial charge in [-0.25, -0.2) is 0 Å². The number of benzene rings is 1. The molecule has 2 radical (unpaired) electrons. The average Bonchev–Trinajstić information content (AvgIpc) is 2.00. The molecule has 0 atom stereocenters. The first kappa shape index (κ1) is 9.63. The van der Waals surface area contributed by atoms with Gasteiger partial charge in [0.2, 0.25) is 0 Å². The highest BCUT2D eigenvalue weighted by molar-refractivity contribution is 6.33. The number of rotatable bonds is 0. The van der Waals surface area contributed by atoms with E-state index in [2.05, 4.69) is 13.8 Å². The smallest absolute Gasteiger partial charge is 0.115 e. The third kappa shape index (κ3) is 1.43. The second kappa shape index (κ2) is 3.04. The molecule has 1 aliphatic rings. The van der Waals surface area contributed by atoms with Crippen LogP contribution >= 0.6 is 0 Å². The van der Waals surface area contributed by atoms with Crippen molar-refractivity contribution in [1.29, 1.82) is 0 Å². The summed E-state index contributed by atoms with van der Waals surface area (Å²) in [6.07, 6.45) is 3.40. The number of phenols is 1. The molecule has 1 N–H and O–H groups in total. The van der Waals surface area contributed by atoms with Crippen molar-refractivity contribution in [2.45, 2.75) is 38.5 Å². The summed E-state index contributed by atoms with van der Waals surface area (Å²) in [7, 11) is 5.96. The molecule has 0 bridgehead atoms. The van der Waals surface area contributed by atoms with Gasteiger partial charge in [0.25, 0.3) is 0 Å². The Bertz CT molecular complexity index is 369. The number of aromatic hydroxyl groups is 1. The molecule has 2 heteroatoms. The highest BCUT2D eigenvalue weighted by Gasteiger charge is 2.28. The van der Waals surface area contributed by atoms with Gasteiger partial charge in [0, 0.05) is 0 Å². The van der Waals surface area contributed by atoms with Gasteiger partial charge < -0.3 is 5.11 Å². The second-order valence-electron chi connectivity index (χ2n) is 4.81. The average molecular weight is 186 g/mol. The Balaban J connectivity index is 2.63. The monoisotopic (exact) mass is 186 g/mol. The molecular formula is C12H15BO. The molecule has 1 aromatic rings. The summed E-state index contributed by atoms with van der Waals surface area (Å²) in [6.45, 7) is 4.44. The van der Waals surface area contributed by atoms with Crippen molar-refractivity contribution in [3.63, 3.8) is 0 Å². The van der Waals surface area contributed by atoms with Crippen LogP contribution in [0.2, 0.25) is 0 Å². The first-order chi connectivity index (χ1) is 6.50. The Morgan fingerprint density at radius 1 is 1.36 bits per heavy atom. The Kier molecular flexibility index (Phi) is 2.09. The van der Waals surface area contributed by atoms with E-state index < -0.39 is 0 Å². The Morgan fingerprint density at radius 3 is 2.79 bits per heavy atom. The largest absolute Gasteiger partial charge is 0.508 e. The van der Waals surface area contributed by atoms with Gasteiger partial charge in [0.15, 0.2) is 0 Å². The minimum absolute atomic E-state index is 0.158. The fourth-order valence-electron chi connectivity index (χ4n) is 2.58. The lowest BCUT2D eigenvalue weighted by atomic mass is 9.67. The zero-order valence-electron chi connectivity index (χ0n) is 8.80. The number of hydrogen-bond acceptors (Lipinski definition) is 1. The first-order valence-corrected chi connectivity index (χ1v) is 5.12. The molecule has 0 aromatic heterocycles. The molecule has 0 saturated carbocycles. The van der Waals surface area contributed by atoms with Gasteiger partial charge in [0.05, 0.1) is 0 Å². The van der Waals surface area contributed by atoms with E-state index in [1.54, 1.807) is 6.07 Å². The molecule has 0 heterocycles. The summed E-state index contributed by atoms with van der Waals surface area (Å²) in [4.78, 5) is 0. The third-order valence-corrected chi connectivity index (χ3v) is 3.16. The van der Waals surface area contributed by atoms with Crippen LogP contribution in [-0.2, 0) is 11.8 Å². The van der Waals surface area contributed by atoms with Crippen LogP contribution < -0.4 is 5.46 Å². The summed E-state index contributed by atoms with van der Waals surface area (Å²) in [5.74, 6) is 0.291. The molecule has 0 unspecified atom stereocenters. The van der Waals surface area contributed by atoms with Gasteiger partial charge in [-0.3, -0.25) is 0 Å². The maximum atomic E-state index is 9.46. The zero-order valence-corrected chi connectivity index (χ0v) is 8.80. The van der Waals surface area contributed by atoms with Gasteiger partial charge in [-0.15, -0.1) is 0 Å². The fraction of sp³-hybridized carbons (Fsp3) is 0.500. The van der Waals surface area contributed by atoms with Crippen LogP contribution in [0.5, 0.6) is 5.75 Å². The summed E-state index contributed by atoms with van der Waals surface area (Å²) in [6, 6.07) is 3.51. The molecule has 14 heavy (non-hydrogen) atoms. The second-order valence-corrected chi connectivity index (χ2v) is 4.81. The van der Waals surface area contributed by atoms with Gasteiger partial charge in [-0.1, -0.05) is 19.3 Å².